The van der Waals surface area contributed by atoms with Gasteiger partial charge in [0.25, 0.3) is 0 Å². The van der Waals surface area contributed by atoms with E-state index >= 15 is 0 Å². The van der Waals surface area contributed by atoms with Crippen LogP contribution in [0.25, 0.3) is 0 Å². The molecule has 23 heavy (non-hydrogen) atoms. The van der Waals surface area contributed by atoms with E-state index < -0.39 is 0 Å². The Morgan fingerprint density at radius 2 is 2.09 bits per heavy atom. The average molecular weight is 309 g/mol. The molecule has 4 rings (SSSR count). The zero-order valence-electron chi connectivity index (χ0n) is 14.5. The summed E-state index contributed by atoms with van der Waals surface area (Å²) in [5.41, 5.74) is 4.15. The van der Waals surface area contributed by atoms with Crippen LogP contribution in [0.15, 0.2) is 18.2 Å². The molecule has 0 amide bonds. The quantitative estimate of drug-likeness (QED) is 0.755. The second-order valence-corrected chi connectivity index (χ2v) is 8.35. The van der Waals surface area contributed by atoms with Crippen LogP contribution in [0.4, 0.5) is 0 Å². The van der Waals surface area contributed by atoms with Crippen LogP contribution in [0, 0.1) is 34.5 Å². The minimum Gasteiger partial charge on any atom is -0.381 e. The molecular weight excluding hydrogens is 282 g/mol. The molecule has 0 N–H and O–H groups in total. The number of fused-ring (bicyclic) bond motifs is 5. The number of benzene rings is 1. The van der Waals surface area contributed by atoms with Crippen LogP contribution >= 0.6 is 0 Å². The van der Waals surface area contributed by atoms with Gasteiger partial charge in [-0.1, -0.05) is 19.9 Å². The molecule has 1 aromatic carbocycles. The largest absolute Gasteiger partial charge is 0.381 e. The second kappa shape index (κ2) is 5.35. The highest BCUT2D eigenvalue weighted by Gasteiger charge is 2.57. The lowest BCUT2D eigenvalue weighted by Crippen LogP contribution is -2.47. The van der Waals surface area contributed by atoms with E-state index in [1.165, 1.54) is 36.8 Å². The van der Waals surface area contributed by atoms with Gasteiger partial charge in [-0.2, -0.15) is 5.26 Å². The van der Waals surface area contributed by atoms with Crippen molar-refractivity contribution in [2.24, 2.45) is 23.2 Å². The van der Waals surface area contributed by atoms with Gasteiger partial charge < -0.3 is 4.74 Å². The molecular formula is C21H27NO. The summed E-state index contributed by atoms with van der Waals surface area (Å²) in [4.78, 5) is 0. The molecule has 3 aliphatic rings. The third kappa shape index (κ3) is 2.09. The number of nitrogens with zero attached hydrogens (tertiary/aromatic N) is 1. The van der Waals surface area contributed by atoms with Gasteiger partial charge in [-0.3, -0.25) is 0 Å². The fraction of sp³-hybridized carbons (Fsp3) is 0.667. The SMILES string of the molecule is CO[C@H]1CCC2C3CCc4cc(C#N)ccc4C3[C@@H](C)C[C@@]21C. The summed E-state index contributed by atoms with van der Waals surface area (Å²) in [6.07, 6.45) is 6.70. The third-order valence-corrected chi connectivity index (χ3v) is 7.34. The standard InChI is InChI=1S/C21H27NO/c1-13-11-21(2)18(8-9-19(21)23-3)17-7-5-15-10-14(12-22)4-6-16(15)20(13)17/h4,6,10,13,17-20H,5,7-9,11H2,1-3H3/t13-,17?,18?,19-,20?,21-/m0/s1. The van der Waals surface area contributed by atoms with Crippen molar-refractivity contribution in [3.63, 3.8) is 0 Å². The number of aryl methyl sites for hydroxylation is 1. The van der Waals surface area contributed by atoms with Crippen LogP contribution in [-0.2, 0) is 11.2 Å². The lowest BCUT2D eigenvalue weighted by molar-refractivity contribution is -0.0618. The summed E-state index contributed by atoms with van der Waals surface area (Å²) in [5.74, 6) is 2.98. The molecule has 0 aromatic heterocycles. The van der Waals surface area contributed by atoms with Crippen molar-refractivity contribution in [2.75, 3.05) is 7.11 Å². The number of hydrogen-bond donors (Lipinski definition) is 0. The molecule has 6 atom stereocenters. The Morgan fingerprint density at radius 3 is 2.83 bits per heavy atom. The molecule has 2 heteroatoms. The second-order valence-electron chi connectivity index (χ2n) is 8.35. The van der Waals surface area contributed by atoms with Gasteiger partial charge in [0.2, 0.25) is 0 Å². The maximum absolute atomic E-state index is 9.17. The van der Waals surface area contributed by atoms with E-state index in [0.717, 1.165) is 23.8 Å². The van der Waals surface area contributed by atoms with Crippen molar-refractivity contribution in [1.82, 2.24) is 0 Å². The number of nitriles is 1. The molecule has 0 bridgehead atoms. The summed E-state index contributed by atoms with van der Waals surface area (Å²) >= 11 is 0. The van der Waals surface area contributed by atoms with Crippen molar-refractivity contribution in [1.29, 1.82) is 5.26 Å². The summed E-state index contributed by atoms with van der Waals surface area (Å²) in [7, 11) is 1.90. The van der Waals surface area contributed by atoms with Crippen molar-refractivity contribution < 1.29 is 4.74 Å². The molecule has 2 fully saturated rings. The molecule has 0 radical (unpaired) electrons. The van der Waals surface area contributed by atoms with Gasteiger partial charge in [-0.05, 0) is 84.5 Å². The molecule has 1 aromatic rings. The first-order chi connectivity index (χ1) is 11.1. The van der Waals surface area contributed by atoms with Gasteiger partial charge in [-0.25, -0.2) is 0 Å². The Morgan fingerprint density at radius 1 is 1.26 bits per heavy atom. The number of methoxy groups -OCH3 is 1. The van der Waals surface area contributed by atoms with Crippen molar-refractivity contribution >= 4 is 0 Å². The molecule has 3 aliphatic carbocycles. The summed E-state index contributed by atoms with van der Waals surface area (Å²) in [6.45, 7) is 4.93. The highest BCUT2D eigenvalue weighted by molar-refractivity contribution is 5.42. The molecule has 2 nitrogen and oxygen atoms in total. The average Bonchev–Trinajstić information content (AvgIpc) is 2.89. The fourth-order valence-electron chi connectivity index (χ4n) is 6.55. The van der Waals surface area contributed by atoms with Gasteiger partial charge in [0.05, 0.1) is 17.7 Å². The monoisotopic (exact) mass is 309 g/mol. The van der Waals surface area contributed by atoms with Gasteiger partial charge in [0.15, 0.2) is 0 Å². The molecule has 0 saturated heterocycles. The number of ether oxygens (including phenoxy) is 1. The minimum absolute atomic E-state index is 0.361. The highest BCUT2D eigenvalue weighted by atomic mass is 16.5. The van der Waals surface area contributed by atoms with Gasteiger partial charge in [0.1, 0.15) is 0 Å². The lowest BCUT2D eigenvalue weighted by atomic mass is 9.52. The van der Waals surface area contributed by atoms with E-state index in [9.17, 15) is 5.26 Å². The van der Waals surface area contributed by atoms with Crippen LogP contribution < -0.4 is 0 Å². The third-order valence-electron chi connectivity index (χ3n) is 7.34. The smallest absolute Gasteiger partial charge is 0.0991 e. The zero-order chi connectivity index (χ0) is 16.2. The topological polar surface area (TPSA) is 33.0 Å². The van der Waals surface area contributed by atoms with Crippen molar-refractivity contribution in [3.8, 4) is 6.07 Å². The van der Waals surface area contributed by atoms with E-state index in [4.69, 9.17) is 4.74 Å². The van der Waals surface area contributed by atoms with Crippen LogP contribution in [0.5, 0.6) is 0 Å². The molecule has 0 aliphatic heterocycles. The maximum atomic E-state index is 9.17. The number of rotatable bonds is 1. The van der Waals surface area contributed by atoms with E-state index in [0.29, 0.717) is 23.4 Å². The Kier molecular flexibility index (Phi) is 3.54. The Balaban J connectivity index is 1.73. The summed E-state index contributed by atoms with van der Waals surface area (Å²) < 4.78 is 5.88. The molecule has 0 heterocycles. The van der Waals surface area contributed by atoms with Crippen LogP contribution in [-0.4, -0.2) is 13.2 Å². The normalized spacial score (nSPS) is 41.6. The first kappa shape index (κ1) is 15.2. The molecule has 2 saturated carbocycles. The minimum atomic E-state index is 0.361. The van der Waals surface area contributed by atoms with E-state index in [-0.39, 0.29) is 0 Å². The number of hydrogen-bond acceptors (Lipinski definition) is 2. The van der Waals surface area contributed by atoms with Crippen molar-refractivity contribution in [2.45, 2.75) is 58.0 Å². The molecule has 122 valence electrons. The molecule has 3 unspecified atom stereocenters. The Hall–Kier alpha value is -1.33. The van der Waals surface area contributed by atoms with Crippen LogP contribution in [0.3, 0.4) is 0 Å². The van der Waals surface area contributed by atoms with Crippen molar-refractivity contribution in [3.05, 3.63) is 34.9 Å². The lowest BCUT2D eigenvalue weighted by Gasteiger charge is -2.53. The Bertz CT molecular complexity index is 660. The summed E-state index contributed by atoms with van der Waals surface area (Å²) in [5, 5.41) is 9.17. The van der Waals surface area contributed by atoms with Gasteiger partial charge in [0, 0.05) is 7.11 Å². The van der Waals surface area contributed by atoms with E-state index in [1.54, 1.807) is 0 Å². The van der Waals surface area contributed by atoms with Crippen LogP contribution in [0.2, 0.25) is 0 Å². The van der Waals surface area contributed by atoms with E-state index in [1.807, 2.05) is 13.2 Å². The predicted molar refractivity (Wildman–Crippen MR) is 91.1 cm³/mol. The van der Waals surface area contributed by atoms with Gasteiger partial charge >= 0.3 is 0 Å². The fourth-order valence-corrected chi connectivity index (χ4v) is 6.55. The van der Waals surface area contributed by atoms with Gasteiger partial charge in [-0.15, -0.1) is 0 Å². The highest BCUT2D eigenvalue weighted by Crippen LogP contribution is 2.63. The zero-order valence-corrected chi connectivity index (χ0v) is 14.5. The van der Waals surface area contributed by atoms with Crippen LogP contribution in [0.1, 0.15) is 62.1 Å². The summed E-state index contributed by atoms with van der Waals surface area (Å²) in [6, 6.07) is 8.72. The first-order valence-electron chi connectivity index (χ1n) is 9.14. The first-order valence-corrected chi connectivity index (χ1v) is 9.14. The Labute approximate surface area is 139 Å². The predicted octanol–water partition coefficient (Wildman–Crippen LogP) is 4.68. The molecule has 0 spiro atoms. The maximum Gasteiger partial charge on any atom is 0.0991 e. The van der Waals surface area contributed by atoms with E-state index in [2.05, 4.69) is 32.0 Å².